The van der Waals surface area contributed by atoms with Gasteiger partial charge in [-0.1, -0.05) is 35.9 Å². The summed E-state index contributed by atoms with van der Waals surface area (Å²) < 4.78 is 65.2. The zero-order valence-corrected chi connectivity index (χ0v) is 15.8. The number of rotatable bonds is 4. The van der Waals surface area contributed by atoms with Crippen molar-refractivity contribution in [2.24, 2.45) is 4.99 Å². The lowest BCUT2D eigenvalue weighted by Crippen LogP contribution is -2.04. The van der Waals surface area contributed by atoms with E-state index in [1.165, 1.54) is 18.3 Å². The lowest BCUT2D eigenvalue weighted by atomic mass is 10.1. The number of hydrogen-bond acceptors (Lipinski definition) is 5. The Balaban J connectivity index is 2.27. The van der Waals surface area contributed by atoms with Crippen molar-refractivity contribution >= 4 is 54.5 Å². The highest BCUT2D eigenvalue weighted by Gasteiger charge is 2.22. The lowest BCUT2D eigenvalue weighted by Gasteiger charge is -2.09. The van der Waals surface area contributed by atoms with Gasteiger partial charge in [-0.15, -0.1) is 0 Å². The predicted molar refractivity (Wildman–Crippen MR) is 102 cm³/mol. The van der Waals surface area contributed by atoms with Crippen molar-refractivity contribution in [1.82, 2.24) is 0 Å². The van der Waals surface area contributed by atoms with Crippen LogP contribution in [0.4, 0.5) is 5.69 Å². The van der Waals surface area contributed by atoms with Gasteiger partial charge in [0.1, 0.15) is 4.90 Å². The average molecular weight is 426 g/mol. The Kier molecular flexibility index (Phi) is 5.06. The standard InChI is InChI=1S/C17H12ClNO6S2/c18-13-6-4-11(5-7-13)10-19-15-3-1-2-12-8-14(26(20,21)22)9-16(17(12)15)27(23,24)25/h1-10H,(H,20,21,22)(H,23,24,25). The summed E-state index contributed by atoms with van der Waals surface area (Å²) in [5, 5.41) is 0.741. The monoisotopic (exact) mass is 425 g/mol. The Morgan fingerprint density at radius 3 is 2.15 bits per heavy atom. The Labute approximate surface area is 160 Å². The largest absolute Gasteiger partial charge is 0.295 e. The van der Waals surface area contributed by atoms with Gasteiger partial charge in [0.2, 0.25) is 0 Å². The van der Waals surface area contributed by atoms with Crippen LogP contribution in [0, 0.1) is 0 Å². The number of nitrogens with zero attached hydrogens (tertiary/aromatic N) is 1. The molecule has 3 aromatic carbocycles. The van der Waals surface area contributed by atoms with E-state index >= 15 is 0 Å². The number of halogens is 1. The number of hydrogen-bond donors (Lipinski definition) is 2. The summed E-state index contributed by atoms with van der Waals surface area (Å²) in [5.41, 5.74) is 0.885. The molecular weight excluding hydrogens is 414 g/mol. The van der Waals surface area contributed by atoms with Crippen molar-refractivity contribution in [1.29, 1.82) is 0 Å². The molecule has 0 saturated heterocycles. The van der Waals surface area contributed by atoms with Crippen LogP contribution in [-0.4, -0.2) is 32.2 Å². The number of benzene rings is 3. The first-order valence-corrected chi connectivity index (χ1v) is 10.6. The highest BCUT2D eigenvalue weighted by Crippen LogP contribution is 2.34. The van der Waals surface area contributed by atoms with Crippen LogP contribution in [0.15, 0.2) is 69.4 Å². The van der Waals surface area contributed by atoms with Gasteiger partial charge in [-0.05, 0) is 41.3 Å². The molecule has 0 spiro atoms. The van der Waals surface area contributed by atoms with Crippen LogP contribution in [-0.2, 0) is 20.2 Å². The number of fused-ring (bicyclic) bond motifs is 1. The molecule has 27 heavy (non-hydrogen) atoms. The summed E-state index contributed by atoms with van der Waals surface area (Å²) in [7, 11) is -9.47. The van der Waals surface area contributed by atoms with E-state index in [2.05, 4.69) is 4.99 Å². The predicted octanol–water partition coefficient (Wildman–Crippen LogP) is 3.74. The minimum absolute atomic E-state index is 0.0256. The fourth-order valence-corrected chi connectivity index (χ4v) is 3.99. The SMILES string of the molecule is O=S(=O)(O)c1cc(S(=O)(=O)O)c2c(N=Cc3ccc(Cl)cc3)cccc2c1. The Bertz CT molecular complexity index is 1270. The molecule has 0 aliphatic heterocycles. The maximum atomic E-state index is 11.8. The number of aliphatic imine (C=N–C) groups is 1. The minimum atomic E-state index is -4.79. The third-order valence-electron chi connectivity index (χ3n) is 3.69. The summed E-state index contributed by atoms with van der Waals surface area (Å²) in [6, 6.07) is 13.0. The molecule has 0 unspecified atom stereocenters. The highest BCUT2D eigenvalue weighted by atomic mass is 35.5. The molecule has 3 rings (SSSR count). The van der Waals surface area contributed by atoms with Gasteiger partial charge in [-0.3, -0.25) is 14.1 Å². The van der Waals surface area contributed by atoms with Crippen LogP contribution in [0.3, 0.4) is 0 Å². The smallest absolute Gasteiger partial charge is 0.282 e. The molecule has 0 amide bonds. The van der Waals surface area contributed by atoms with E-state index in [9.17, 15) is 25.9 Å². The van der Waals surface area contributed by atoms with Crippen LogP contribution in [0.25, 0.3) is 10.8 Å². The molecular formula is C17H12ClNO6S2. The molecule has 0 aromatic heterocycles. The molecule has 0 atom stereocenters. The van der Waals surface area contributed by atoms with Crippen molar-refractivity contribution in [3.8, 4) is 0 Å². The second kappa shape index (κ2) is 7.02. The molecule has 3 aromatic rings. The van der Waals surface area contributed by atoms with E-state index in [-0.39, 0.29) is 16.5 Å². The van der Waals surface area contributed by atoms with Crippen molar-refractivity contribution < 1.29 is 25.9 Å². The van der Waals surface area contributed by atoms with Crippen LogP contribution in [0.5, 0.6) is 0 Å². The fraction of sp³-hybridized carbons (Fsp3) is 0. The third kappa shape index (κ3) is 4.34. The molecule has 10 heteroatoms. The van der Waals surface area contributed by atoms with Crippen molar-refractivity contribution in [2.75, 3.05) is 0 Å². The van der Waals surface area contributed by atoms with Gasteiger partial charge in [0, 0.05) is 16.6 Å². The molecule has 140 valence electrons. The summed E-state index contributed by atoms with van der Waals surface area (Å²) in [4.78, 5) is 2.92. The third-order valence-corrected chi connectivity index (χ3v) is 5.65. The fourth-order valence-electron chi connectivity index (χ4n) is 2.50. The van der Waals surface area contributed by atoms with Gasteiger partial charge < -0.3 is 0 Å². The Morgan fingerprint density at radius 1 is 0.889 bits per heavy atom. The van der Waals surface area contributed by atoms with E-state index in [0.29, 0.717) is 16.7 Å². The summed E-state index contributed by atoms with van der Waals surface area (Å²) in [6.45, 7) is 0. The molecule has 2 N–H and O–H groups in total. The molecule has 0 fully saturated rings. The normalized spacial score (nSPS) is 12.7. The summed E-state index contributed by atoms with van der Waals surface area (Å²) in [5.74, 6) is 0. The van der Waals surface area contributed by atoms with Gasteiger partial charge in [-0.25, -0.2) is 0 Å². The van der Waals surface area contributed by atoms with E-state index in [1.54, 1.807) is 30.3 Å². The van der Waals surface area contributed by atoms with E-state index in [0.717, 1.165) is 6.07 Å². The maximum absolute atomic E-state index is 11.8. The van der Waals surface area contributed by atoms with E-state index < -0.39 is 30.0 Å². The maximum Gasteiger partial charge on any atom is 0.295 e. The molecule has 0 heterocycles. The lowest BCUT2D eigenvalue weighted by molar-refractivity contribution is 0.482. The summed E-state index contributed by atoms with van der Waals surface area (Å²) >= 11 is 5.82. The first-order valence-electron chi connectivity index (χ1n) is 7.37. The van der Waals surface area contributed by atoms with Crippen molar-refractivity contribution in [2.45, 2.75) is 9.79 Å². The zero-order valence-electron chi connectivity index (χ0n) is 13.4. The van der Waals surface area contributed by atoms with Crippen LogP contribution < -0.4 is 0 Å². The Morgan fingerprint density at radius 2 is 1.56 bits per heavy atom. The molecule has 0 radical (unpaired) electrons. The molecule has 0 bridgehead atoms. The van der Waals surface area contributed by atoms with Gasteiger partial charge in [0.25, 0.3) is 20.2 Å². The van der Waals surface area contributed by atoms with Crippen molar-refractivity contribution in [3.63, 3.8) is 0 Å². The first kappa shape index (κ1) is 19.5. The molecule has 0 aliphatic rings. The zero-order chi connectivity index (χ0) is 19.8. The van der Waals surface area contributed by atoms with Crippen molar-refractivity contribution in [3.05, 3.63) is 65.2 Å². The Hall–Kier alpha value is -2.30. The van der Waals surface area contributed by atoms with Crippen LogP contribution >= 0.6 is 11.6 Å². The molecule has 7 nitrogen and oxygen atoms in total. The minimum Gasteiger partial charge on any atom is -0.282 e. The van der Waals surface area contributed by atoms with E-state index in [4.69, 9.17) is 11.6 Å². The van der Waals surface area contributed by atoms with Gasteiger partial charge in [0.15, 0.2) is 0 Å². The van der Waals surface area contributed by atoms with Gasteiger partial charge >= 0.3 is 0 Å². The summed E-state index contributed by atoms with van der Waals surface area (Å²) in [6.07, 6.45) is 1.47. The second-order valence-electron chi connectivity index (χ2n) is 5.56. The average Bonchev–Trinajstić information content (AvgIpc) is 2.58. The quantitative estimate of drug-likeness (QED) is 0.485. The topological polar surface area (TPSA) is 121 Å². The highest BCUT2D eigenvalue weighted by molar-refractivity contribution is 7.86. The van der Waals surface area contributed by atoms with E-state index in [1.807, 2.05) is 0 Å². The van der Waals surface area contributed by atoms with Gasteiger partial charge in [-0.2, -0.15) is 16.8 Å². The van der Waals surface area contributed by atoms with Crippen LogP contribution in [0.1, 0.15) is 5.56 Å². The molecule has 0 saturated carbocycles. The molecule has 0 aliphatic carbocycles. The second-order valence-corrected chi connectivity index (χ2v) is 8.80. The first-order chi connectivity index (χ1) is 12.6. The van der Waals surface area contributed by atoms with Gasteiger partial charge in [0.05, 0.1) is 10.6 Å². The van der Waals surface area contributed by atoms with Crippen LogP contribution in [0.2, 0.25) is 5.02 Å².